The van der Waals surface area contributed by atoms with Crippen LogP contribution in [0, 0.1) is 5.92 Å². The zero-order chi connectivity index (χ0) is 12.4. The fourth-order valence-corrected chi connectivity index (χ4v) is 2.21. The summed E-state index contributed by atoms with van der Waals surface area (Å²) in [7, 11) is 0. The van der Waals surface area contributed by atoms with Crippen molar-refractivity contribution in [1.29, 1.82) is 0 Å². The summed E-state index contributed by atoms with van der Waals surface area (Å²) in [6.45, 7) is 3.66. The molecule has 0 bridgehead atoms. The van der Waals surface area contributed by atoms with Gasteiger partial charge in [-0.15, -0.1) is 0 Å². The maximum absolute atomic E-state index is 11.9. The van der Waals surface area contributed by atoms with Crippen molar-refractivity contribution in [1.82, 2.24) is 0 Å². The molecule has 0 spiro atoms. The minimum absolute atomic E-state index is 0.0236. The number of hydrogen-bond acceptors (Lipinski definition) is 2. The van der Waals surface area contributed by atoms with Crippen molar-refractivity contribution in [3.63, 3.8) is 0 Å². The standard InChI is InChI=1S/C15H18O2/c1-10(2)14(16)9-15(17)13-7-6-11-4-3-5-12(11)8-13/h6-8,10H,3-5,9H2,1-2H3. The van der Waals surface area contributed by atoms with Crippen LogP contribution in [0.25, 0.3) is 0 Å². The number of aryl methyl sites for hydroxylation is 2. The van der Waals surface area contributed by atoms with Gasteiger partial charge in [-0.05, 0) is 36.5 Å². The second-order valence-corrected chi connectivity index (χ2v) is 5.06. The van der Waals surface area contributed by atoms with Gasteiger partial charge in [0, 0.05) is 11.5 Å². The van der Waals surface area contributed by atoms with Crippen LogP contribution in [0.4, 0.5) is 0 Å². The summed E-state index contributed by atoms with van der Waals surface area (Å²) in [5.41, 5.74) is 3.34. The Morgan fingerprint density at radius 3 is 2.59 bits per heavy atom. The van der Waals surface area contributed by atoms with E-state index in [2.05, 4.69) is 0 Å². The van der Waals surface area contributed by atoms with E-state index in [-0.39, 0.29) is 23.9 Å². The van der Waals surface area contributed by atoms with E-state index in [1.165, 1.54) is 17.5 Å². The first-order chi connectivity index (χ1) is 8.08. The molecular weight excluding hydrogens is 212 g/mol. The van der Waals surface area contributed by atoms with Crippen LogP contribution >= 0.6 is 0 Å². The number of ketones is 2. The summed E-state index contributed by atoms with van der Waals surface area (Å²) in [6, 6.07) is 5.87. The highest BCUT2D eigenvalue weighted by Gasteiger charge is 2.17. The van der Waals surface area contributed by atoms with Crippen LogP contribution in [0.2, 0.25) is 0 Å². The van der Waals surface area contributed by atoms with Crippen LogP contribution in [-0.4, -0.2) is 11.6 Å². The molecule has 0 fully saturated rings. The summed E-state index contributed by atoms with van der Waals surface area (Å²) < 4.78 is 0. The van der Waals surface area contributed by atoms with Crippen molar-refractivity contribution >= 4 is 11.6 Å². The molecule has 0 heterocycles. The van der Waals surface area contributed by atoms with Crippen molar-refractivity contribution < 1.29 is 9.59 Å². The second kappa shape index (κ2) is 4.82. The Balaban J connectivity index is 2.12. The lowest BCUT2D eigenvalue weighted by atomic mass is 9.97. The Bertz CT molecular complexity index is 458. The van der Waals surface area contributed by atoms with E-state index in [1.807, 2.05) is 32.0 Å². The molecule has 90 valence electrons. The third-order valence-corrected chi connectivity index (χ3v) is 3.40. The van der Waals surface area contributed by atoms with Crippen LogP contribution < -0.4 is 0 Å². The fraction of sp³-hybridized carbons (Fsp3) is 0.467. The molecule has 0 N–H and O–H groups in total. The summed E-state index contributed by atoms with van der Waals surface area (Å²) in [4.78, 5) is 23.5. The van der Waals surface area contributed by atoms with Crippen molar-refractivity contribution in [2.45, 2.75) is 39.5 Å². The molecule has 0 saturated heterocycles. The third-order valence-electron chi connectivity index (χ3n) is 3.40. The van der Waals surface area contributed by atoms with Crippen LogP contribution in [0.3, 0.4) is 0 Å². The van der Waals surface area contributed by atoms with E-state index in [0.29, 0.717) is 5.56 Å². The van der Waals surface area contributed by atoms with E-state index in [0.717, 1.165) is 12.8 Å². The third kappa shape index (κ3) is 2.63. The minimum Gasteiger partial charge on any atom is -0.299 e. The van der Waals surface area contributed by atoms with Gasteiger partial charge in [0.15, 0.2) is 5.78 Å². The number of Topliss-reactive ketones (excluding diaryl/α,β-unsaturated/α-hetero) is 2. The smallest absolute Gasteiger partial charge is 0.170 e. The Morgan fingerprint density at radius 1 is 1.18 bits per heavy atom. The van der Waals surface area contributed by atoms with Gasteiger partial charge in [-0.25, -0.2) is 0 Å². The predicted molar refractivity (Wildman–Crippen MR) is 67.3 cm³/mol. The van der Waals surface area contributed by atoms with Gasteiger partial charge in [0.2, 0.25) is 0 Å². The molecule has 0 aromatic heterocycles. The Morgan fingerprint density at radius 2 is 1.88 bits per heavy atom. The lowest BCUT2D eigenvalue weighted by molar-refractivity contribution is -0.121. The zero-order valence-electron chi connectivity index (χ0n) is 10.5. The first kappa shape index (κ1) is 12.0. The predicted octanol–water partition coefficient (Wildman–Crippen LogP) is 2.97. The van der Waals surface area contributed by atoms with Crippen LogP contribution in [-0.2, 0) is 17.6 Å². The van der Waals surface area contributed by atoms with Gasteiger partial charge in [0.1, 0.15) is 5.78 Å². The van der Waals surface area contributed by atoms with Gasteiger partial charge >= 0.3 is 0 Å². The van der Waals surface area contributed by atoms with Gasteiger partial charge in [-0.3, -0.25) is 9.59 Å². The van der Waals surface area contributed by atoms with E-state index < -0.39 is 0 Å². The average Bonchev–Trinajstić information content (AvgIpc) is 2.75. The van der Waals surface area contributed by atoms with Crippen molar-refractivity contribution in [3.05, 3.63) is 34.9 Å². The number of fused-ring (bicyclic) bond motifs is 1. The minimum atomic E-state index is -0.0617. The molecule has 0 amide bonds. The highest BCUT2D eigenvalue weighted by molar-refractivity contribution is 6.08. The molecule has 0 radical (unpaired) electrons. The van der Waals surface area contributed by atoms with Crippen molar-refractivity contribution in [3.8, 4) is 0 Å². The molecule has 17 heavy (non-hydrogen) atoms. The zero-order valence-corrected chi connectivity index (χ0v) is 10.5. The normalized spacial score (nSPS) is 13.8. The average molecular weight is 230 g/mol. The maximum atomic E-state index is 11.9. The summed E-state index contributed by atoms with van der Waals surface area (Å²) in [6.07, 6.45) is 3.40. The van der Waals surface area contributed by atoms with E-state index in [9.17, 15) is 9.59 Å². The number of benzene rings is 1. The molecule has 2 nitrogen and oxygen atoms in total. The van der Waals surface area contributed by atoms with Crippen molar-refractivity contribution in [2.24, 2.45) is 5.92 Å². The summed E-state index contributed by atoms with van der Waals surface area (Å²) in [5, 5.41) is 0. The Kier molecular flexibility index (Phi) is 3.41. The van der Waals surface area contributed by atoms with Crippen LogP contribution in [0.15, 0.2) is 18.2 Å². The molecule has 0 aliphatic heterocycles. The number of carbonyl (C=O) groups is 2. The van der Waals surface area contributed by atoms with Gasteiger partial charge in [-0.2, -0.15) is 0 Å². The van der Waals surface area contributed by atoms with E-state index in [4.69, 9.17) is 0 Å². The van der Waals surface area contributed by atoms with Gasteiger partial charge in [-0.1, -0.05) is 26.0 Å². The molecule has 0 atom stereocenters. The first-order valence-electron chi connectivity index (χ1n) is 6.25. The quantitative estimate of drug-likeness (QED) is 0.588. The molecule has 0 unspecified atom stereocenters. The molecule has 2 heteroatoms. The number of carbonyl (C=O) groups excluding carboxylic acids is 2. The Hall–Kier alpha value is -1.44. The maximum Gasteiger partial charge on any atom is 0.170 e. The SMILES string of the molecule is CC(C)C(=O)CC(=O)c1ccc2c(c1)CCC2. The Labute approximate surface area is 102 Å². The van der Waals surface area contributed by atoms with E-state index in [1.54, 1.807) is 0 Å². The largest absolute Gasteiger partial charge is 0.299 e. The second-order valence-electron chi connectivity index (χ2n) is 5.06. The lowest BCUT2D eigenvalue weighted by Gasteiger charge is -2.05. The first-order valence-corrected chi connectivity index (χ1v) is 6.25. The number of hydrogen-bond donors (Lipinski definition) is 0. The monoisotopic (exact) mass is 230 g/mol. The summed E-state index contributed by atoms with van der Waals surface area (Å²) >= 11 is 0. The lowest BCUT2D eigenvalue weighted by Crippen LogP contribution is -2.13. The highest BCUT2D eigenvalue weighted by Crippen LogP contribution is 2.23. The van der Waals surface area contributed by atoms with Gasteiger partial charge < -0.3 is 0 Å². The van der Waals surface area contributed by atoms with Crippen molar-refractivity contribution in [2.75, 3.05) is 0 Å². The molecule has 2 rings (SSSR count). The van der Waals surface area contributed by atoms with E-state index >= 15 is 0 Å². The van der Waals surface area contributed by atoms with Crippen LogP contribution in [0.5, 0.6) is 0 Å². The fourth-order valence-electron chi connectivity index (χ4n) is 2.21. The highest BCUT2D eigenvalue weighted by atomic mass is 16.1. The molecular formula is C15H18O2. The molecule has 1 aliphatic carbocycles. The topological polar surface area (TPSA) is 34.1 Å². The van der Waals surface area contributed by atoms with Gasteiger partial charge in [0.05, 0.1) is 6.42 Å². The molecule has 1 aromatic carbocycles. The summed E-state index contributed by atoms with van der Waals surface area (Å²) in [5.74, 6) is -0.0812. The van der Waals surface area contributed by atoms with Gasteiger partial charge in [0.25, 0.3) is 0 Å². The molecule has 1 aromatic rings. The number of rotatable bonds is 4. The molecule has 0 saturated carbocycles. The van der Waals surface area contributed by atoms with Crippen LogP contribution in [0.1, 0.15) is 48.2 Å². The molecule has 1 aliphatic rings.